The van der Waals surface area contributed by atoms with E-state index in [1.165, 1.54) is 48.5 Å². The molecule has 4 unspecified atom stereocenters. The lowest BCUT2D eigenvalue weighted by atomic mass is 10.0. The van der Waals surface area contributed by atoms with Gasteiger partial charge in [0.15, 0.2) is 12.2 Å². The Balaban J connectivity index is 1.55. The topological polar surface area (TPSA) is 146 Å². The van der Waals surface area contributed by atoms with Crippen LogP contribution in [0, 0.1) is 0 Å². The van der Waals surface area contributed by atoms with Crippen LogP contribution in [0.25, 0.3) is 0 Å². The number of esters is 4. The molecule has 0 saturated carbocycles. The Kier molecular flexibility index (Phi) is 11.3. The molecule has 0 heterocycles. The fourth-order valence-electron chi connectivity index (χ4n) is 4.03. The van der Waals surface area contributed by atoms with E-state index in [0.29, 0.717) is 0 Å². The summed E-state index contributed by atoms with van der Waals surface area (Å²) in [6.45, 7) is -1.32. The zero-order chi connectivity index (χ0) is 31.3. The second-order valence-electron chi connectivity index (χ2n) is 9.53. The van der Waals surface area contributed by atoms with Crippen molar-refractivity contribution in [1.29, 1.82) is 0 Å². The predicted molar refractivity (Wildman–Crippen MR) is 157 cm³/mol. The summed E-state index contributed by atoms with van der Waals surface area (Å²) in [5.41, 5.74) is 0.686. The molecule has 0 aliphatic rings. The number of carbonyl (C=O) groups excluding carboxylic acids is 4. The van der Waals surface area contributed by atoms with Crippen LogP contribution in [-0.2, 0) is 18.9 Å². The first kappa shape index (κ1) is 31.6. The highest BCUT2D eigenvalue weighted by atomic mass is 16.6. The first-order valence-electron chi connectivity index (χ1n) is 13.7. The number of rotatable bonds is 13. The molecule has 4 rings (SSSR count). The molecule has 0 spiro atoms. The Hall–Kier alpha value is -5.32. The molecule has 0 bridgehead atoms. The van der Waals surface area contributed by atoms with Crippen molar-refractivity contribution in [2.24, 2.45) is 0 Å². The highest BCUT2D eigenvalue weighted by molar-refractivity contribution is 5.91. The Morgan fingerprint density at radius 2 is 0.682 bits per heavy atom. The van der Waals surface area contributed by atoms with Gasteiger partial charge < -0.3 is 29.2 Å². The minimum atomic E-state index is -1.96. The molecular weight excluding hydrogens is 568 g/mol. The number of aliphatic hydroxyl groups is 2. The predicted octanol–water partition coefficient (Wildman–Crippen LogP) is 3.87. The van der Waals surface area contributed by atoms with Gasteiger partial charge >= 0.3 is 23.9 Å². The number of hydrogen-bond donors (Lipinski definition) is 2. The molecule has 44 heavy (non-hydrogen) atoms. The summed E-state index contributed by atoms with van der Waals surface area (Å²) in [6, 6.07) is 31.7. The SMILES string of the molecule is O=C(OCC(OC(=O)c1ccccc1)C(O)C(O)C(COC(=O)c1ccccc1)OC(=O)c1ccccc1)c1ccccc1. The third kappa shape index (κ3) is 8.84. The molecule has 226 valence electrons. The second kappa shape index (κ2) is 15.8. The van der Waals surface area contributed by atoms with E-state index >= 15 is 0 Å². The van der Waals surface area contributed by atoms with Gasteiger partial charge in [-0.05, 0) is 48.5 Å². The van der Waals surface area contributed by atoms with E-state index in [1.807, 2.05) is 0 Å². The summed E-state index contributed by atoms with van der Waals surface area (Å²) in [4.78, 5) is 51.0. The highest BCUT2D eigenvalue weighted by Gasteiger charge is 2.38. The fourth-order valence-corrected chi connectivity index (χ4v) is 4.03. The van der Waals surface area contributed by atoms with Crippen LogP contribution in [0.4, 0.5) is 0 Å². The van der Waals surface area contributed by atoms with Gasteiger partial charge in [0.2, 0.25) is 0 Å². The minimum absolute atomic E-state index is 0.137. The van der Waals surface area contributed by atoms with Crippen molar-refractivity contribution in [1.82, 2.24) is 0 Å². The van der Waals surface area contributed by atoms with Gasteiger partial charge in [-0.15, -0.1) is 0 Å². The first-order chi connectivity index (χ1) is 21.3. The standard InChI is InChI=1S/C34H30O10/c35-29(27(43-33(39)25-17-9-3-10-18-25)21-41-31(37)23-13-5-1-6-14-23)30(36)28(44-34(40)26-19-11-4-12-20-26)22-42-32(38)24-15-7-2-8-16-24/h1-20,27-30,35-36H,21-22H2. The van der Waals surface area contributed by atoms with Crippen molar-refractivity contribution < 1.29 is 48.3 Å². The maximum Gasteiger partial charge on any atom is 0.338 e. The third-order valence-electron chi connectivity index (χ3n) is 6.42. The molecule has 10 heteroatoms. The summed E-state index contributed by atoms with van der Waals surface area (Å²) in [5.74, 6) is -3.27. The molecule has 0 aliphatic carbocycles. The molecule has 0 fully saturated rings. The lowest BCUT2D eigenvalue weighted by Crippen LogP contribution is -2.51. The number of ether oxygens (including phenoxy) is 4. The van der Waals surface area contributed by atoms with Gasteiger partial charge in [0.1, 0.15) is 25.4 Å². The van der Waals surface area contributed by atoms with Crippen molar-refractivity contribution in [3.05, 3.63) is 144 Å². The minimum Gasteiger partial charge on any atom is -0.458 e. The van der Waals surface area contributed by atoms with Crippen LogP contribution in [-0.4, -0.2) is 71.7 Å². The van der Waals surface area contributed by atoms with E-state index in [9.17, 15) is 29.4 Å². The van der Waals surface area contributed by atoms with Crippen molar-refractivity contribution in [2.75, 3.05) is 13.2 Å². The van der Waals surface area contributed by atoms with Crippen LogP contribution in [0.15, 0.2) is 121 Å². The van der Waals surface area contributed by atoms with Crippen molar-refractivity contribution >= 4 is 23.9 Å². The van der Waals surface area contributed by atoms with Crippen LogP contribution >= 0.6 is 0 Å². The van der Waals surface area contributed by atoms with Crippen LogP contribution in [0.3, 0.4) is 0 Å². The number of hydrogen-bond acceptors (Lipinski definition) is 10. The van der Waals surface area contributed by atoms with Crippen LogP contribution < -0.4 is 0 Å². The Labute approximate surface area is 253 Å². The van der Waals surface area contributed by atoms with Gasteiger partial charge in [-0.3, -0.25) is 0 Å². The highest BCUT2D eigenvalue weighted by Crippen LogP contribution is 2.18. The van der Waals surface area contributed by atoms with Gasteiger partial charge in [-0.1, -0.05) is 72.8 Å². The lowest BCUT2D eigenvalue weighted by molar-refractivity contribution is -0.131. The fraction of sp³-hybridized carbons (Fsp3) is 0.176. The number of aliphatic hydroxyl groups excluding tert-OH is 2. The van der Waals surface area contributed by atoms with Gasteiger partial charge in [0.25, 0.3) is 0 Å². The maximum atomic E-state index is 12.9. The molecule has 0 radical (unpaired) electrons. The summed E-state index contributed by atoms with van der Waals surface area (Å²) in [6.07, 6.45) is -7.16. The van der Waals surface area contributed by atoms with Crippen LogP contribution in [0.5, 0.6) is 0 Å². The monoisotopic (exact) mass is 598 g/mol. The largest absolute Gasteiger partial charge is 0.458 e. The van der Waals surface area contributed by atoms with Crippen LogP contribution in [0.1, 0.15) is 41.4 Å². The van der Waals surface area contributed by atoms with Gasteiger partial charge in [-0.2, -0.15) is 0 Å². The maximum absolute atomic E-state index is 12.9. The molecule has 4 aromatic carbocycles. The van der Waals surface area contributed by atoms with Gasteiger partial charge in [-0.25, -0.2) is 19.2 Å². The second-order valence-corrected chi connectivity index (χ2v) is 9.53. The molecule has 4 aromatic rings. The molecule has 0 amide bonds. The Morgan fingerprint density at radius 1 is 0.432 bits per heavy atom. The zero-order valence-corrected chi connectivity index (χ0v) is 23.4. The zero-order valence-electron chi connectivity index (χ0n) is 23.4. The van der Waals surface area contributed by atoms with Crippen molar-refractivity contribution in [3.8, 4) is 0 Å². The summed E-state index contributed by atoms with van der Waals surface area (Å²) >= 11 is 0. The van der Waals surface area contributed by atoms with Gasteiger partial charge in [0, 0.05) is 0 Å². The quantitative estimate of drug-likeness (QED) is 0.172. The number of carbonyl (C=O) groups is 4. The van der Waals surface area contributed by atoms with Crippen LogP contribution in [0.2, 0.25) is 0 Å². The Morgan fingerprint density at radius 3 is 0.955 bits per heavy atom. The summed E-state index contributed by atoms with van der Waals surface area (Å²) < 4.78 is 21.5. The van der Waals surface area contributed by atoms with E-state index in [-0.39, 0.29) is 22.3 Å². The average molecular weight is 599 g/mol. The van der Waals surface area contributed by atoms with Crippen molar-refractivity contribution in [2.45, 2.75) is 24.4 Å². The molecule has 10 nitrogen and oxygen atoms in total. The smallest absolute Gasteiger partial charge is 0.338 e. The third-order valence-corrected chi connectivity index (χ3v) is 6.42. The summed E-state index contributed by atoms with van der Waals surface area (Å²) in [7, 11) is 0. The molecule has 0 aromatic heterocycles. The van der Waals surface area contributed by atoms with E-state index in [1.54, 1.807) is 72.8 Å². The lowest BCUT2D eigenvalue weighted by Gasteiger charge is -2.31. The molecular formula is C34H30O10. The molecule has 4 atom stereocenters. The average Bonchev–Trinajstić information content (AvgIpc) is 3.08. The molecule has 0 aliphatic heterocycles. The van der Waals surface area contributed by atoms with E-state index in [0.717, 1.165) is 0 Å². The van der Waals surface area contributed by atoms with E-state index < -0.39 is 61.5 Å². The normalized spacial score (nSPS) is 13.4. The Bertz CT molecular complexity index is 1390. The molecule has 2 N–H and O–H groups in total. The summed E-state index contributed by atoms with van der Waals surface area (Å²) in [5, 5.41) is 22.5. The van der Waals surface area contributed by atoms with E-state index in [4.69, 9.17) is 18.9 Å². The number of benzene rings is 4. The van der Waals surface area contributed by atoms with Crippen molar-refractivity contribution in [3.63, 3.8) is 0 Å². The van der Waals surface area contributed by atoms with Gasteiger partial charge in [0.05, 0.1) is 22.3 Å². The van der Waals surface area contributed by atoms with E-state index in [2.05, 4.69) is 0 Å². The molecule has 0 saturated heterocycles. The first-order valence-corrected chi connectivity index (χ1v) is 13.7.